The van der Waals surface area contributed by atoms with Crippen molar-refractivity contribution in [2.45, 2.75) is 0 Å². The molecule has 0 aromatic rings. The van der Waals surface area contributed by atoms with E-state index in [1.54, 1.807) is 18.7 Å². The van der Waals surface area contributed by atoms with Crippen LogP contribution >= 0.6 is 0 Å². The fraction of sp³-hybridized carbons (Fsp3) is 0.800. The number of nitrogens with zero attached hydrogens (tertiary/aromatic N) is 1. The molecule has 0 radical (unpaired) electrons. The van der Waals surface area contributed by atoms with Crippen molar-refractivity contribution in [3.63, 3.8) is 0 Å². The van der Waals surface area contributed by atoms with Crippen LogP contribution in [0.3, 0.4) is 0 Å². The van der Waals surface area contributed by atoms with Crippen molar-refractivity contribution >= 4 is 16.8 Å². The van der Waals surface area contributed by atoms with Crippen molar-refractivity contribution in [2.75, 3.05) is 28.3 Å². The quantitative estimate of drug-likeness (QED) is 0.136. The lowest BCUT2D eigenvalue weighted by atomic mass is 11.2. The summed E-state index contributed by atoms with van der Waals surface area (Å²) in [5.74, 6) is 0. The van der Waals surface area contributed by atoms with Gasteiger partial charge < -0.3 is 9.29 Å². The van der Waals surface area contributed by atoms with Gasteiger partial charge in [0.25, 0.3) is 0 Å². The van der Waals surface area contributed by atoms with Crippen molar-refractivity contribution in [3.05, 3.63) is 0 Å². The van der Waals surface area contributed by atoms with E-state index in [4.69, 9.17) is 1.37 Å². The van der Waals surface area contributed by atoms with E-state index in [-0.39, 0.29) is 6.38 Å². The van der Waals surface area contributed by atoms with Crippen molar-refractivity contribution in [1.29, 1.82) is 0 Å². The fourth-order valence-corrected chi connectivity index (χ4v) is 0.183. The van der Waals surface area contributed by atoms with Gasteiger partial charge in [0.05, 0.1) is 14.2 Å². The van der Waals surface area contributed by atoms with Crippen LogP contribution in [-0.4, -0.2) is 52.2 Å². The normalized spacial score (nSPS) is 10.6. The van der Waals surface area contributed by atoms with Crippen molar-refractivity contribution in [1.82, 2.24) is 0 Å². The number of rotatable bonds is 1. The molecule has 0 bridgehead atoms. The highest BCUT2D eigenvalue weighted by atomic mass is 32.3. The lowest BCUT2D eigenvalue weighted by molar-refractivity contribution is -0.467. The Labute approximate surface area is 73.8 Å². The summed E-state index contributed by atoms with van der Waals surface area (Å²) in [4.78, 5) is 0. The monoisotopic (exact) mass is 201 g/mol. The average molecular weight is 201 g/mol. The van der Waals surface area contributed by atoms with Gasteiger partial charge in [-0.2, -0.15) is 0 Å². The minimum absolute atomic E-state index is 0.181. The summed E-state index contributed by atoms with van der Waals surface area (Å²) >= 11 is 0. The van der Waals surface area contributed by atoms with E-state index in [0.29, 0.717) is 0 Å². The number of hydrogen-bond donors (Lipinski definition) is 0. The van der Waals surface area contributed by atoms with Gasteiger partial charge in [0, 0.05) is 0 Å². The second-order valence-corrected chi connectivity index (χ2v) is 2.91. The van der Waals surface area contributed by atoms with E-state index >= 15 is 0 Å². The minimum atomic E-state index is -4.41. The van der Waals surface area contributed by atoms with Crippen LogP contribution in [0.15, 0.2) is 0 Å². The highest BCUT2D eigenvalue weighted by Crippen LogP contribution is 1.74. The van der Waals surface area contributed by atoms with E-state index in [0.717, 1.165) is 7.11 Å². The molecule has 0 atom stereocenters. The summed E-state index contributed by atoms with van der Waals surface area (Å²) in [6, 6.07) is 0. The largest absolute Gasteiger partial charge is 0.726 e. The molecule has 0 saturated heterocycles. The van der Waals surface area contributed by atoms with Crippen LogP contribution in [0.1, 0.15) is 1.37 Å². The molecule has 6 nitrogen and oxygen atoms in total. The molecule has 0 aliphatic carbocycles. The number of hydrogen-bond acceptors (Lipinski definition) is 5. The fourth-order valence-electron chi connectivity index (χ4n) is 0.183. The summed E-state index contributed by atoms with van der Waals surface area (Å²) < 4.78 is 44.0. The van der Waals surface area contributed by atoms with Gasteiger partial charge in [-0.25, -0.2) is 13.0 Å². The Morgan fingerprint density at radius 1 is 1.50 bits per heavy atom. The summed E-state index contributed by atoms with van der Waals surface area (Å²) in [7, 11) is 1.38. The Bertz CT molecular complexity index is 256. The third kappa shape index (κ3) is 22.8. The summed E-state index contributed by atoms with van der Waals surface area (Å²) in [6.07, 6.45) is 0.181. The molecule has 0 heterocycles. The Hall–Kier alpha value is -0.660. The molecule has 0 amide bonds. The van der Waals surface area contributed by atoms with Gasteiger partial charge in [-0.15, -0.1) is 0 Å². The summed E-state index contributed by atoms with van der Waals surface area (Å²) in [5, 5.41) is 0. The third-order valence-corrected chi connectivity index (χ3v) is 0.886. The standard InChI is InChI=1S/C4H10NO.CH4O4S/c1-5(2)4-6-3;1-5-6(2,3)4/h4H,1-3H3;1H3,(H,2,3,4)/q+1;/p-1/i4+1D;. The van der Waals surface area contributed by atoms with Gasteiger partial charge in [0.1, 0.15) is 14.1 Å². The molecular weight excluding hydrogens is 187 g/mol. The Morgan fingerprint density at radius 3 is 1.83 bits per heavy atom. The molecule has 12 heavy (non-hydrogen) atoms. The smallest absolute Gasteiger partial charge is 0.322 e. The van der Waals surface area contributed by atoms with Crippen molar-refractivity contribution in [2.24, 2.45) is 0 Å². The van der Waals surface area contributed by atoms with E-state index in [1.807, 2.05) is 0 Å². The molecule has 0 aliphatic heterocycles. The molecule has 0 rings (SSSR count). The Balaban J connectivity index is 0. The minimum Gasteiger partial charge on any atom is -0.726 e. The maximum atomic E-state index is 9.22. The van der Waals surface area contributed by atoms with Crippen molar-refractivity contribution in [3.8, 4) is 0 Å². The van der Waals surface area contributed by atoms with E-state index < -0.39 is 10.4 Å². The van der Waals surface area contributed by atoms with E-state index in [2.05, 4.69) is 8.92 Å². The first-order valence-corrected chi connectivity index (χ1v) is 4.14. The van der Waals surface area contributed by atoms with E-state index in [1.165, 1.54) is 7.11 Å². The molecular formula is C5H13NO5S. The van der Waals surface area contributed by atoms with Gasteiger partial charge in [-0.3, -0.25) is 4.18 Å². The highest BCUT2D eigenvalue weighted by Gasteiger charge is 1.79. The lowest BCUT2D eigenvalue weighted by Gasteiger charge is -1.98. The highest BCUT2D eigenvalue weighted by molar-refractivity contribution is 7.80. The first kappa shape index (κ1) is 11.3. The number of ether oxygens (including phenoxy) is 1. The zero-order valence-corrected chi connectivity index (χ0v) is 8.21. The van der Waals surface area contributed by atoms with Crippen LogP contribution in [0.4, 0.5) is 0 Å². The summed E-state index contributed by atoms with van der Waals surface area (Å²) in [6.45, 7) is 0. The molecule has 0 unspecified atom stereocenters. The Kier molecular flexibility index (Phi) is 6.63. The maximum absolute atomic E-state index is 9.22. The van der Waals surface area contributed by atoms with Gasteiger partial charge >= 0.3 is 6.38 Å². The SMILES string of the molecule is COS(=O)(=O)[O-].[2H][13C](OC)=[N+](C)C. The molecule has 74 valence electrons. The average Bonchev–Trinajstić information content (AvgIpc) is 2.02. The topological polar surface area (TPSA) is 78.7 Å². The Morgan fingerprint density at radius 2 is 1.83 bits per heavy atom. The van der Waals surface area contributed by atoms with Crippen molar-refractivity contribution < 1.29 is 27.8 Å². The predicted molar refractivity (Wildman–Crippen MR) is 41.9 cm³/mol. The molecule has 0 fully saturated rings. The van der Waals surface area contributed by atoms with Gasteiger partial charge in [-0.05, 0) is 0 Å². The van der Waals surface area contributed by atoms with Gasteiger partial charge in [0.15, 0.2) is 1.37 Å². The molecule has 0 N–H and O–H groups in total. The second kappa shape index (κ2) is 7.01. The van der Waals surface area contributed by atoms with Crippen LogP contribution < -0.4 is 0 Å². The molecule has 0 spiro atoms. The predicted octanol–water partition coefficient (Wildman–Crippen LogP) is -0.974. The van der Waals surface area contributed by atoms with Gasteiger partial charge in [-0.1, -0.05) is 0 Å². The van der Waals surface area contributed by atoms with Crippen LogP contribution in [0.2, 0.25) is 0 Å². The van der Waals surface area contributed by atoms with Crippen LogP contribution in [-0.2, 0) is 19.3 Å². The molecule has 0 aromatic carbocycles. The molecule has 0 aromatic heterocycles. The number of methoxy groups -OCH3 is 1. The van der Waals surface area contributed by atoms with E-state index in [9.17, 15) is 13.0 Å². The summed E-state index contributed by atoms with van der Waals surface area (Å²) in [5.41, 5.74) is 0. The van der Waals surface area contributed by atoms with Crippen LogP contribution in [0.25, 0.3) is 0 Å². The molecule has 7 heteroatoms. The lowest BCUT2D eigenvalue weighted by Crippen LogP contribution is -1.98. The van der Waals surface area contributed by atoms with Gasteiger partial charge in [0.2, 0.25) is 10.4 Å². The first-order chi connectivity index (χ1) is 5.74. The second-order valence-electron chi connectivity index (χ2n) is 1.76. The zero-order valence-electron chi connectivity index (χ0n) is 8.40. The molecule has 0 saturated carbocycles. The first-order valence-electron chi connectivity index (χ1n) is 3.31. The third-order valence-electron chi connectivity index (χ3n) is 0.478. The van der Waals surface area contributed by atoms with Crippen LogP contribution in [0, 0.1) is 0 Å². The maximum Gasteiger partial charge on any atom is 0.322 e. The zero-order chi connectivity index (χ0) is 11.1. The van der Waals surface area contributed by atoms with Crippen LogP contribution in [0.5, 0.6) is 0 Å². The molecule has 0 aliphatic rings.